The summed E-state index contributed by atoms with van der Waals surface area (Å²) in [6.07, 6.45) is 4.46. The van der Waals surface area contributed by atoms with Gasteiger partial charge in [-0.15, -0.1) is 0 Å². The molecular formula is C23H26N2O4. The second-order valence-electron chi connectivity index (χ2n) is 7.74. The number of carbonyl (C=O) groups excluding carboxylic acids is 2. The first kappa shape index (κ1) is 19.3. The Kier molecular flexibility index (Phi) is 5.43. The molecule has 2 fully saturated rings. The number of benzene rings is 1. The fourth-order valence-corrected chi connectivity index (χ4v) is 3.70. The second-order valence-corrected chi connectivity index (χ2v) is 7.74. The van der Waals surface area contributed by atoms with Gasteiger partial charge >= 0.3 is 0 Å². The smallest absolute Gasteiger partial charge is 0.254 e. The van der Waals surface area contributed by atoms with Crippen molar-refractivity contribution in [2.24, 2.45) is 5.92 Å². The number of nitrogens with zero attached hydrogens (tertiary/aromatic N) is 2. The van der Waals surface area contributed by atoms with Crippen molar-refractivity contribution >= 4 is 17.9 Å². The topological polar surface area (TPSA) is 63.0 Å². The molecule has 2 aliphatic rings. The molecule has 0 radical (unpaired) electrons. The van der Waals surface area contributed by atoms with Gasteiger partial charge in [0.2, 0.25) is 5.91 Å². The van der Waals surface area contributed by atoms with Crippen LogP contribution in [0.2, 0.25) is 0 Å². The molecule has 1 aromatic heterocycles. The molecule has 6 nitrogen and oxygen atoms in total. The standard InChI is InChI=1S/C23H26N2O4/c1-16-14-20(16)21-8-6-18(29-21)7-9-22(26)24-10-12-25(13-11-24)23(27)17-4-3-5-19(15-17)28-2/h3-9,15-16,20H,10-14H2,1-2H3/b9-7+. The maximum atomic E-state index is 12.7. The molecule has 2 unspecified atom stereocenters. The highest BCUT2D eigenvalue weighted by Crippen LogP contribution is 2.47. The van der Waals surface area contributed by atoms with Crippen molar-refractivity contribution in [3.05, 3.63) is 59.6 Å². The van der Waals surface area contributed by atoms with Gasteiger partial charge in [-0.1, -0.05) is 13.0 Å². The molecule has 1 saturated carbocycles. The van der Waals surface area contributed by atoms with Crippen molar-refractivity contribution in [2.45, 2.75) is 19.3 Å². The average molecular weight is 394 g/mol. The number of ether oxygens (including phenoxy) is 1. The number of piperazine rings is 1. The van der Waals surface area contributed by atoms with E-state index in [0.717, 1.165) is 5.76 Å². The van der Waals surface area contributed by atoms with E-state index >= 15 is 0 Å². The molecule has 1 saturated heterocycles. The quantitative estimate of drug-likeness (QED) is 0.729. The maximum absolute atomic E-state index is 12.7. The van der Waals surface area contributed by atoms with Gasteiger partial charge in [0.1, 0.15) is 17.3 Å². The van der Waals surface area contributed by atoms with Gasteiger partial charge in [-0.05, 0) is 48.7 Å². The van der Waals surface area contributed by atoms with Crippen LogP contribution >= 0.6 is 0 Å². The third kappa shape index (κ3) is 4.36. The van der Waals surface area contributed by atoms with Crippen molar-refractivity contribution in [3.8, 4) is 5.75 Å². The summed E-state index contributed by atoms with van der Waals surface area (Å²) in [5.74, 6) is 3.50. The van der Waals surface area contributed by atoms with Crippen molar-refractivity contribution in [2.75, 3.05) is 33.3 Å². The number of carbonyl (C=O) groups is 2. The third-order valence-electron chi connectivity index (χ3n) is 5.71. The zero-order valence-electron chi connectivity index (χ0n) is 16.8. The molecule has 0 bridgehead atoms. The summed E-state index contributed by atoms with van der Waals surface area (Å²) in [6, 6.07) is 11.1. The molecule has 1 aromatic carbocycles. The highest BCUT2D eigenvalue weighted by atomic mass is 16.5. The third-order valence-corrected chi connectivity index (χ3v) is 5.71. The molecule has 152 valence electrons. The van der Waals surface area contributed by atoms with Gasteiger partial charge in [0.25, 0.3) is 5.91 Å². The predicted octanol–water partition coefficient (Wildman–Crippen LogP) is 3.41. The Morgan fingerprint density at radius 1 is 1.10 bits per heavy atom. The van der Waals surface area contributed by atoms with Crippen LogP contribution in [0, 0.1) is 5.92 Å². The first-order valence-corrected chi connectivity index (χ1v) is 10.0. The van der Waals surface area contributed by atoms with Crippen LogP contribution < -0.4 is 4.74 Å². The number of furan rings is 1. The summed E-state index contributed by atoms with van der Waals surface area (Å²) in [5, 5.41) is 0. The van der Waals surface area contributed by atoms with Crippen LogP contribution in [0.5, 0.6) is 5.75 Å². The largest absolute Gasteiger partial charge is 0.497 e. The molecule has 1 aliphatic carbocycles. The van der Waals surface area contributed by atoms with Gasteiger partial charge < -0.3 is 19.0 Å². The summed E-state index contributed by atoms with van der Waals surface area (Å²) in [4.78, 5) is 28.7. The van der Waals surface area contributed by atoms with Gasteiger partial charge in [0.05, 0.1) is 7.11 Å². The Labute approximate surface area is 170 Å². The summed E-state index contributed by atoms with van der Waals surface area (Å²) < 4.78 is 11.0. The fraction of sp³-hybridized carbons (Fsp3) is 0.391. The molecular weight excluding hydrogens is 368 g/mol. The lowest BCUT2D eigenvalue weighted by atomic mass is 10.1. The van der Waals surface area contributed by atoms with Crippen LogP contribution in [-0.4, -0.2) is 54.9 Å². The molecule has 1 aliphatic heterocycles. The van der Waals surface area contributed by atoms with Crippen LogP contribution in [0.25, 0.3) is 6.08 Å². The monoisotopic (exact) mass is 394 g/mol. The van der Waals surface area contributed by atoms with E-state index in [9.17, 15) is 9.59 Å². The van der Waals surface area contributed by atoms with E-state index in [1.807, 2.05) is 18.2 Å². The number of methoxy groups -OCH3 is 1. The van der Waals surface area contributed by atoms with Crippen molar-refractivity contribution < 1.29 is 18.7 Å². The molecule has 2 atom stereocenters. The van der Waals surface area contributed by atoms with Crippen LogP contribution in [0.1, 0.15) is 41.1 Å². The van der Waals surface area contributed by atoms with Crippen LogP contribution in [0.4, 0.5) is 0 Å². The van der Waals surface area contributed by atoms with Crippen molar-refractivity contribution in [1.29, 1.82) is 0 Å². The predicted molar refractivity (Wildman–Crippen MR) is 110 cm³/mol. The Bertz CT molecular complexity index is 924. The highest BCUT2D eigenvalue weighted by molar-refractivity contribution is 5.95. The second kappa shape index (κ2) is 8.15. The number of hydrogen-bond donors (Lipinski definition) is 0. The van der Waals surface area contributed by atoms with Gasteiger partial charge in [0, 0.05) is 43.7 Å². The minimum atomic E-state index is -0.0591. The van der Waals surface area contributed by atoms with Crippen LogP contribution in [-0.2, 0) is 4.79 Å². The summed E-state index contributed by atoms with van der Waals surface area (Å²) in [6.45, 7) is 4.27. The van der Waals surface area contributed by atoms with E-state index in [-0.39, 0.29) is 11.8 Å². The van der Waals surface area contributed by atoms with Crippen molar-refractivity contribution in [3.63, 3.8) is 0 Å². The Morgan fingerprint density at radius 3 is 2.52 bits per heavy atom. The molecule has 2 heterocycles. The zero-order valence-corrected chi connectivity index (χ0v) is 16.8. The number of rotatable bonds is 5. The Balaban J connectivity index is 1.30. The van der Waals surface area contributed by atoms with Crippen molar-refractivity contribution in [1.82, 2.24) is 9.80 Å². The lowest BCUT2D eigenvalue weighted by Gasteiger charge is -2.34. The van der Waals surface area contributed by atoms with E-state index in [1.165, 1.54) is 6.42 Å². The zero-order chi connectivity index (χ0) is 20.4. The fourth-order valence-electron chi connectivity index (χ4n) is 3.70. The highest BCUT2D eigenvalue weighted by Gasteiger charge is 2.36. The van der Waals surface area contributed by atoms with E-state index in [4.69, 9.17) is 9.15 Å². The summed E-state index contributed by atoms with van der Waals surface area (Å²) in [7, 11) is 1.58. The summed E-state index contributed by atoms with van der Waals surface area (Å²) >= 11 is 0. The molecule has 29 heavy (non-hydrogen) atoms. The van der Waals surface area contributed by atoms with E-state index < -0.39 is 0 Å². The SMILES string of the molecule is COc1cccc(C(=O)N2CCN(C(=O)/C=C/c3ccc(C4CC4C)o3)CC2)c1. The minimum absolute atomic E-state index is 0.0380. The van der Waals surface area contributed by atoms with E-state index in [1.54, 1.807) is 47.3 Å². The first-order valence-electron chi connectivity index (χ1n) is 10.0. The Morgan fingerprint density at radius 2 is 1.83 bits per heavy atom. The maximum Gasteiger partial charge on any atom is 0.254 e. The average Bonchev–Trinajstić information content (AvgIpc) is 3.30. The van der Waals surface area contributed by atoms with Gasteiger partial charge in [0.15, 0.2) is 0 Å². The van der Waals surface area contributed by atoms with Gasteiger partial charge in [-0.2, -0.15) is 0 Å². The van der Waals surface area contributed by atoms with Gasteiger partial charge in [-0.25, -0.2) is 0 Å². The summed E-state index contributed by atoms with van der Waals surface area (Å²) in [5.41, 5.74) is 0.600. The van der Waals surface area contributed by atoms with Crippen LogP contribution in [0.3, 0.4) is 0 Å². The lowest BCUT2D eigenvalue weighted by molar-refractivity contribution is -0.127. The van der Waals surface area contributed by atoms with Crippen LogP contribution in [0.15, 0.2) is 46.9 Å². The molecule has 2 amide bonds. The molecule has 0 N–H and O–H groups in total. The molecule has 2 aromatic rings. The number of amides is 2. The Hall–Kier alpha value is -3.02. The van der Waals surface area contributed by atoms with Gasteiger partial charge in [-0.3, -0.25) is 9.59 Å². The minimum Gasteiger partial charge on any atom is -0.497 e. The van der Waals surface area contributed by atoms with E-state index in [0.29, 0.717) is 55.1 Å². The lowest BCUT2D eigenvalue weighted by Crippen LogP contribution is -2.50. The number of hydrogen-bond acceptors (Lipinski definition) is 4. The first-order chi connectivity index (χ1) is 14.0. The normalized spacial score (nSPS) is 21.4. The molecule has 4 rings (SSSR count). The molecule has 6 heteroatoms. The molecule has 0 spiro atoms. The van der Waals surface area contributed by atoms with E-state index in [2.05, 4.69) is 6.92 Å².